The Kier molecular flexibility index (Phi) is 5.36. The Morgan fingerprint density at radius 1 is 1.00 bits per heavy atom. The summed E-state index contributed by atoms with van der Waals surface area (Å²) in [7, 11) is 0. The molecule has 1 unspecified atom stereocenters. The molecular formula is C22H21F3N2O2. The first kappa shape index (κ1) is 20.8. The van der Waals surface area contributed by atoms with E-state index in [0.717, 1.165) is 0 Å². The van der Waals surface area contributed by atoms with Crippen LogP contribution in [0.4, 0.5) is 18.9 Å². The van der Waals surface area contributed by atoms with Gasteiger partial charge in [0.05, 0.1) is 11.2 Å². The van der Waals surface area contributed by atoms with Gasteiger partial charge in [0.2, 0.25) is 5.60 Å². The molecule has 0 saturated heterocycles. The molecule has 29 heavy (non-hydrogen) atoms. The first-order valence-corrected chi connectivity index (χ1v) is 9.04. The van der Waals surface area contributed by atoms with Crippen LogP contribution in [0, 0.1) is 0 Å². The van der Waals surface area contributed by atoms with Crippen LogP contribution in [-0.2, 0) is 10.2 Å². The standard InChI is InChI=1S/C22H21F3N2O2/c1-20(2,15-8-4-3-5-9-15)14-21(29,22(23,24)25)19(28)27-18-12-6-11-17-16(18)10-7-13-26-17/h3-13,29H,14H2,1-2H3,(H,27,28). The number of benzene rings is 2. The highest BCUT2D eigenvalue weighted by Crippen LogP contribution is 2.42. The maximum absolute atomic E-state index is 13.9. The molecule has 0 radical (unpaired) electrons. The van der Waals surface area contributed by atoms with Gasteiger partial charge in [0, 0.05) is 18.0 Å². The van der Waals surface area contributed by atoms with E-state index < -0.39 is 29.5 Å². The van der Waals surface area contributed by atoms with Crippen molar-refractivity contribution in [2.24, 2.45) is 0 Å². The van der Waals surface area contributed by atoms with Crippen molar-refractivity contribution < 1.29 is 23.1 Å². The summed E-state index contributed by atoms with van der Waals surface area (Å²) in [6.07, 6.45) is -4.45. The predicted octanol–water partition coefficient (Wildman–Crippen LogP) is 4.83. The Balaban J connectivity index is 1.96. The Morgan fingerprint density at radius 2 is 1.69 bits per heavy atom. The van der Waals surface area contributed by atoms with Gasteiger partial charge in [0.1, 0.15) is 0 Å². The lowest BCUT2D eigenvalue weighted by atomic mass is 9.74. The van der Waals surface area contributed by atoms with Gasteiger partial charge in [-0.05, 0) is 35.2 Å². The largest absolute Gasteiger partial charge is 0.426 e. The molecule has 0 aliphatic rings. The molecule has 0 fully saturated rings. The third kappa shape index (κ3) is 4.10. The van der Waals surface area contributed by atoms with Crippen LogP contribution < -0.4 is 5.32 Å². The van der Waals surface area contributed by atoms with Crippen LogP contribution in [0.5, 0.6) is 0 Å². The summed E-state index contributed by atoms with van der Waals surface area (Å²) in [5.41, 5.74) is -3.42. The number of carbonyl (C=O) groups excluding carboxylic acids is 1. The minimum Gasteiger partial charge on any atom is -0.373 e. The van der Waals surface area contributed by atoms with Crippen molar-refractivity contribution in [2.75, 3.05) is 5.32 Å². The first-order chi connectivity index (χ1) is 13.5. The van der Waals surface area contributed by atoms with Crippen LogP contribution in [0.1, 0.15) is 25.8 Å². The van der Waals surface area contributed by atoms with Gasteiger partial charge in [-0.1, -0.05) is 50.2 Å². The second-order valence-corrected chi connectivity index (χ2v) is 7.61. The number of aliphatic hydroxyl groups is 1. The summed E-state index contributed by atoms with van der Waals surface area (Å²) in [6.45, 7) is 3.13. The van der Waals surface area contributed by atoms with Crippen LogP contribution in [0.2, 0.25) is 0 Å². The number of aromatic nitrogens is 1. The number of alkyl halides is 3. The fourth-order valence-electron chi connectivity index (χ4n) is 3.38. The molecule has 3 rings (SSSR count). The lowest BCUT2D eigenvalue weighted by Crippen LogP contribution is -2.57. The highest BCUT2D eigenvalue weighted by Gasteiger charge is 2.61. The Morgan fingerprint density at radius 3 is 2.34 bits per heavy atom. The molecule has 0 spiro atoms. The van der Waals surface area contributed by atoms with Gasteiger partial charge < -0.3 is 10.4 Å². The molecule has 7 heteroatoms. The summed E-state index contributed by atoms with van der Waals surface area (Å²) in [5.74, 6) is -1.52. The normalized spacial score (nSPS) is 14.4. The van der Waals surface area contributed by atoms with Crippen molar-refractivity contribution in [3.05, 3.63) is 72.4 Å². The Labute approximate surface area is 166 Å². The molecule has 0 aliphatic carbocycles. The number of hydrogen-bond acceptors (Lipinski definition) is 3. The van der Waals surface area contributed by atoms with E-state index in [4.69, 9.17) is 0 Å². The fourth-order valence-corrected chi connectivity index (χ4v) is 3.38. The van der Waals surface area contributed by atoms with Gasteiger partial charge in [-0.25, -0.2) is 0 Å². The number of anilines is 1. The van der Waals surface area contributed by atoms with Gasteiger partial charge >= 0.3 is 6.18 Å². The second kappa shape index (κ2) is 7.48. The number of hydrogen-bond donors (Lipinski definition) is 2. The lowest BCUT2D eigenvalue weighted by molar-refractivity contribution is -0.254. The zero-order valence-electron chi connectivity index (χ0n) is 16.0. The topological polar surface area (TPSA) is 62.2 Å². The average molecular weight is 402 g/mol. The Bertz CT molecular complexity index is 1010. The first-order valence-electron chi connectivity index (χ1n) is 9.04. The maximum atomic E-state index is 13.9. The third-order valence-corrected chi connectivity index (χ3v) is 4.99. The molecule has 2 aromatic carbocycles. The molecule has 3 aromatic rings. The quantitative estimate of drug-likeness (QED) is 0.642. The highest BCUT2D eigenvalue weighted by molar-refractivity contribution is 6.04. The van der Waals surface area contributed by atoms with E-state index in [9.17, 15) is 23.1 Å². The van der Waals surface area contributed by atoms with E-state index in [-0.39, 0.29) is 5.69 Å². The minimum atomic E-state index is -5.16. The molecule has 1 amide bonds. The number of halogens is 3. The molecular weight excluding hydrogens is 381 g/mol. The second-order valence-electron chi connectivity index (χ2n) is 7.61. The van der Waals surface area contributed by atoms with Crippen LogP contribution in [0.15, 0.2) is 66.9 Å². The fraction of sp³-hybridized carbons (Fsp3) is 0.273. The van der Waals surface area contributed by atoms with Crippen molar-refractivity contribution in [2.45, 2.75) is 37.5 Å². The summed E-state index contributed by atoms with van der Waals surface area (Å²) in [6, 6.07) is 16.5. The van der Waals surface area contributed by atoms with Gasteiger partial charge in [0.25, 0.3) is 5.91 Å². The molecule has 1 aromatic heterocycles. The summed E-state index contributed by atoms with van der Waals surface area (Å²) in [4.78, 5) is 16.9. The van der Waals surface area contributed by atoms with E-state index in [1.807, 2.05) is 0 Å². The molecule has 152 valence electrons. The molecule has 0 aliphatic heterocycles. The molecule has 2 N–H and O–H groups in total. The zero-order valence-corrected chi connectivity index (χ0v) is 16.0. The van der Waals surface area contributed by atoms with Gasteiger partial charge in [-0.15, -0.1) is 0 Å². The minimum absolute atomic E-state index is 0.154. The van der Waals surface area contributed by atoms with Gasteiger partial charge in [-0.3, -0.25) is 9.78 Å². The summed E-state index contributed by atoms with van der Waals surface area (Å²) < 4.78 is 41.7. The van der Waals surface area contributed by atoms with Crippen LogP contribution >= 0.6 is 0 Å². The van der Waals surface area contributed by atoms with Crippen molar-refractivity contribution >= 4 is 22.5 Å². The number of nitrogens with one attached hydrogen (secondary N) is 1. The van der Waals surface area contributed by atoms with Crippen molar-refractivity contribution in [3.63, 3.8) is 0 Å². The van der Waals surface area contributed by atoms with Gasteiger partial charge in [0.15, 0.2) is 0 Å². The maximum Gasteiger partial charge on any atom is 0.426 e. The SMILES string of the molecule is CC(C)(CC(O)(C(=O)Nc1cccc2ncccc12)C(F)(F)F)c1ccccc1. The van der Waals surface area contributed by atoms with Crippen LogP contribution in [0.3, 0.4) is 0 Å². The number of amides is 1. The Hall–Kier alpha value is -2.93. The zero-order chi connectivity index (χ0) is 21.3. The number of pyridine rings is 1. The van der Waals surface area contributed by atoms with E-state index in [2.05, 4.69) is 10.3 Å². The summed E-state index contributed by atoms with van der Waals surface area (Å²) >= 11 is 0. The molecule has 0 saturated carbocycles. The number of carbonyl (C=O) groups is 1. The van der Waals surface area contributed by atoms with E-state index in [1.54, 1.807) is 74.6 Å². The summed E-state index contributed by atoms with van der Waals surface area (Å²) in [5, 5.41) is 13.3. The number of nitrogens with zero attached hydrogens (tertiary/aromatic N) is 1. The van der Waals surface area contributed by atoms with E-state index >= 15 is 0 Å². The third-order valence-electron chi connectivity index (χ3n) is 4.99. The van der Waals surface area contributed by atoms with Crippen molar-refractivity contribution in [1.82, 2.24) is 4.98 Å². The highest BCUT2D eigenvalue weighted by atomic mass is 19.4. The molecule has 0 bridgehead atoms. The molecule has 1 heterocycles. The van der Waals surface area contributed by atoms with Crippen LogP contribution in [0.25, 0.3) is 10.9 Å². The number of rotatable bonds is 5. The van der Waals surface area contributed by atoms with Crippen molar-refractivity contribution in [1.29, 1.82) is 0 Å². The molecule has 1 atom stereocenters. The van der Waals surface area contributed by atoms with Gasteiger partial charge in [-0.2, -0.15) is 13.2 Å². The van der Waals surface area contributed by atoms with E-state index in [0.29, 0.717) is 16.5 Å². The van der Waals surface area contributed by atoms with Crippen molar-refractivity contribution in [3.8, 4) is 0 Å². The number of fused-ring (bicyclic) bond motifs is 1. The average Bonchev–Trinajstić information content (AvgIpc) is 2.67. The monoisotopic (exact) mass is 402 g/mol. The lowest BCUT2D eigenvalue weighted by Gasteiger charge is -2.36. The smallest absolute Gasteiger partial charge is 0.373 e. The molecule has 4 nitrogen and oxygen atoms in total. The predicted molar refractivity (Wildman–Crippen MR) is 105 cm³/mol. The van der Waals surface area contributed by atoms with Crippen LogP contribution in [-0.4, -0.2) is 27.8 Å². The van der Waals surface area contributed by atoms with E-state index in [1.165, 1.54) is 6.07 Å².